The van der Waals surface area contributed by atoms with Gasteiger partial charge in [0.15, 0.2) is 11.6 Å². The Kier molecular flexibility index (Phi) is 5.18. The third-order valence-corrected chi connectivity index (χ3v) is 5.05. The first-order valence-corrected chi connectivity index (χ1v) is 9.12. The highest BCUT2D eigenvalue weighted by atomic mass is 16.1. The van der Waals surface area contributed by atoms with Crippen molar-refractivity contribution in [2.24, 2.45) is 0 Å². The lowest BCUT2D eigenvalue weighted by Crippen LogP contribution is -2.27. The summed E-state index contributed by atoms with van der Waals surface area (Å²) in [5.41, 5.74) is 3.20. The van der Waals surface area contributed by atoms with Gasteiger partial charge in [-0.05, 0) is 44.3 Å². The van der Waals surface area contributed by atoms with Crippen LogP contribution in [-0.2, 0) is 6.54 Å². The summed E-state index contributed by atoms with van der Waals surface area (Å²) in [4.78, 5) is 30.3. The molecular weight excluding hydrogens is 326 g/mol. The molecule has 136 valence electrons. The van der Waals surface area contributed by atoms with Crippen molar-refractivity contribution in [2.75, 3.05) is 19.6 Å². The minimum Gasteiger partial charge on any atom is -0.338 e. The van der Waals surface area contributed by atoms with Gasteiger partial charge in [0.05, 0.1) is 11.7 Å². The predicted octanol–water partition coefficient (Wildman–Crippen LogP) is 3.94. The Morgan fingerprint density at radius 3 is 2.31 bits per heavy atom. The number of pyridine rings is 1. The van der Waals surface area contributed by atoms with Crippen molar-refractivity contribution in [2.45, 2.75) is 34.2 Å². The van der Waals surface area contributed by atoms with Crippen LogP contribution in [-0.4, -0.2) is 45.7 Å². The molecule has 2 heterocycles. The van der Waals surface area contributed by atoms with Gasteiger partial charge in [0.1, 0.15) is 5.69 Å². The Balaban J connectivity index is 2.21. The lowest BCUT2D eigenvalue weighted by molar-refractivity contribution is 0.100. The monoisotopic (exact) mass is 351 g/mol. The highest BCUT2D eigenvalue weighted by molar-refractivity contribution is 6.12. The molecule has 5 nitrogen and oxygen atoms in total. The van der Waals surface area contributed by atoms with E-state index in [1.807, 2.05) is 24.3 Å². The first-order valence-electron chi connectivity index (χ1n) is 9.12. The molecule has 0 aliphatic carbocycles. The van der Waals surface area contributed by atoms with Gasteiger partial charge in [-0.25, -0.2) is 0 Å². The number of Topliss-reactive ketones (excluding diaryl/α,β-unsaturated/α-hetero) is 2. The summed E-state index contributed by atoms with van der Waals surface area (Å²) in [6, 6.07) is 7.65. The molecule has 3 aromatic rings. The Hall–Kier alpha value is -2.53. The molecule has 3 rings (SSSR count). The molecule has 0 bridgehead atoms. The number of rotatable bonds is 7. The van der Waals surface area contributed by atoms with Crippen molar-refractivity contribution in [3.05, 3.63) is 41.7 Å². The second kappa shape index (κ2) is 7.38. The number of benzene rings is 1. The minimum absolute atomic E-state index is 0.0387. The van der Waals surface area contributed by atoms with Gasteiger partial charge in [0.25, 0.3) is 0 Å². The van der Waals surface area contributed by atoms with E-state index in [-0.39, 0.29) is 11.6 Å². The Labute approximate surface area is 153 Å². The summed E-state index contributed by atoms with van der Waals surface area (Å²) < 4.78 is 2.24. The number of fused-ring (bicyclic) bond motifs is 3. The number of hydrogen-bond donors (Lipinski definition) is 0. The smallest absolute Gasteiger partial charge is 0.178 e. The molecule has 0 saturated carbocycles. The summed E-state index contributed by atoms with van der Waals surface area (Å²) in [7, 11) is 0. The number of carbonyl (C=O) groups is 2. The van der Waals surface area contributed by atoms with Gasteiger partial charge in [-0.1, -0.05) is 13.8 Å². The number of hydrogen-bond acceptors (Lipinski definition) is 4. The predicted molar refractivity (Wildman–Crippen MR) is 105 cm³/mol. The van der Waals surface area contributed by atoms with Crippen molar-refractivity contribution in [3.8, 4) is 0 Å². The lowest BCUT2D eigenvalue weighted by atomic mass is 10.1. The maximum Gasteiger partial charge on any atom is 0.178 e. The first-order chi connectivity index (χ1) is 12.5. The van der Waals surface area contributed by atoms with Crippen molar-refractivity contribution >= 4 is 33.4 Å². The zero-order valence-electron chi connectivity index (χ0n) is 15.9. The molecule has 0 aliphatic rings. The topological polar surface area (TPSA) is 55.2 Å². The van der Waals surface area contributed by atoms with Crippen LogP contribution in [0.2, 0.25) is 0 Å². The van der Waals surface area contributed by atoms with Gasteiger partial charge in [0.2, 0.25) is 0 Å². The van der Waals surface area contributed by atoms with E-state index in [0.29, 0.717) is 11.3 Å². The third-order valence-electron chi connectivity index (χ3n) is 5.05. The average Bonchev–Trinajstić information content (AvgIpc) is 2.95. The van der Waals surface area contributed by atoms with Crippen molar-refractivity contribution in [3.63, 3.8) is 0 Å². The molecule has 0 amide bonds. The molecule has 0 fully saturated rings. The van der Waals surface area contributed by atoms with Crippen molar-refractivity contribution in [1.29, 1.82) is 0 Å². The fraction of sp³-hybridized carbons (Fsp3) is 0.381. The van der Waals surface area contributed by atoms with E-state index in [0.717, 1.165) is 48.0 Å². The van der Waals surface area contributed by atoms with Crippen LogP contribution in [0.1, 0.15) is 48.5 Å². The Bertz CT molecular complexity index is 912. The normalized spacial score (nSPS) is 11.6. The molecule has 26 heavy (non-hydrogen) atoms. The molecule has 5 heteroatoms. The molecule has 0 aliphatic heterocycles. The second-order valence-corrected chi connectivity index (χ2v) is 6.61. The summed E-state index contributed by atoms with van der Waals surface area (Å²) in [6.07, 6.45) is 1.78. The molecule has 1 aromatic carbocycles. The van der Waals surface area contributed by atoms with Gasteiger partial charge in [0, 0.05) is 41.9 Å². The molecule has 0 N–H and O–H groups in total. The largest absolute Gasteiger partial charge is 0.338 e. The Morgan fingerprint density at radius 2 is 1.69 bits per heavy atom. The molecule has 2 aromatic heterocycles. The molecule has 0 radical (unpaired) electrons. The van der Waals surface area contributed by atoms with Crippen LogP contribution in [0.4, 0.5) is 0 Å². The van der Waals surface area contributed by atoms with E-state index >= 15 is 0 Å². The van der Waals surface area contributed by atoms with Crippen LogP contribution < -0.4 is 0 Å². The SMILES string of the molecule is CCN(CC)CCn1c2ccc(C(C)=O)cc2c2cc(C(C)=O)ncc21. The number of nitrogens with zero attached hydrogens (tertiary/aromatic N) is 3. The molecule has 0 atom stereocenters. The summed E-state index contributed by atoms with van der Waals surface area (Å²) in [5, 5.41) is 1.97. The van der Waals surface area contributed by atoms with E-state index in [2.05, 4.69) is 28.3 Å². The Morgan fingerprint density at radius 1 is 1.00 bits per heavy atom. The van der Waals surface area contributed by atoms with E-state index in [4.69, 9.17) is 0 Å². The number of likely N-dealkylation sites (N-methyl/N-ethyl adjacent to an activating group) is 1. The van der Waals surface area contributed by atoms with Crippen LogP contribution in [0.3, 0.4) is 0 Å². The minimum atomic E-state index is -0.0568. The number of carbonyl (C=O) groups excluding carboxylic acids is 2. The van der Waals surface area contributed by atoms with E-state index in [1.54, 1.807) is 13.1 Å². The van der Waals surface area contributed by atoms with Crippen molar-refractivity contribution in [1.82, 2.24) is 14.5 Å². The fourth-order valence-electron chi connectivity index (χ4n) is 3.43. The van der Waals surface area contributed by atoms with Crippen LogP contribution in [0.25, 0.3) is 21.8 Å². The highest BCUT2D eigenvalue weighted by Gasteiger charge is 2.15. The number of aromatic nitrogens is 2. The number of ketones is 2. The zero-order valence-corrected chi connectivity index (χ0v) is 15.9. The second-order valence-electron chi connectivity index (χ2n) is 6.61. The molecular formula is C21H25N3O2. The van der Waals surface area contributed by atoms with Crippen molar-refractivity contribution < 1.29 is 9.59 Å². The van der Waals surface area contributed by atoms with Gasteiger partial charge in [-0.2, -0.15) is 0 Å². The first kappa shape index (κ1) is 18.3. The average molecular weight is 351 g/mol. The molecule has 0 saturated heterocycles. The summed E-state index contributed by atoms with van der Waals surface area (Å²) in [6.45, 7) is 11.2. The maximum absolute atomic E-state index is 11.8. The van der Waals surface area contributed by atoms with E-state index in [9.17, 15) is 9.59 Å². The van der Waals surface area contributed by atoms with Gasteiger partial charge in [-0.3, -0.25) is 14.6 Å². The molecule has 0 spiro atoms. The zero-order chi connectivity index (χ0) is 18.8. The fourth-order valence-corrected chi connectivity index (χ4v) is 3.43. The van der Waals surface area contributed by atoms with Gasteiger partial charge in [-0.15, -0.1) is 0 Å². The highest BCUT2D eigenvalue weighted by Crippen LogP contribution is 2.30. The summed E-state index contributed by atoms with van der Waals surface area (Å²) >= 11 is 0. The lowest BCUT2D eigenvalue weighted by Gasteiger charge is -2.19. The molecule has 0 unspecified atom stereocenters. The van der Waals surface area contributed by atoms with Gasteiger partial charge < -0.3 is 9.47 Å². The quantitative estimate of drug-likeness (QED) is 0.605. The van der Waals surface area contributed by atoms with Crippen LogP contribution >= 0.6 is 0 Å². The maximum atomic E-state index is 11.8. The van der Waals surface area contributed by atoms with Gasteiger partial charge >= 0.3 is 0 Å². The summed E-state index contributed by atoms with van der Waals surface area (Å²) in [5.74, 6) is -0.0181. The van der Waals surface area contributed by atoms with Crippen LogP contribution in [0.5, 0.6) is 0 Å². The van der Waals surface area contributed by atoms with Crippen LogP contribution in [0, 0.1) is 0 Å². The van der Waals surface area contributed by atoms with E-state index < -0.39 is 0 Å². The standard InChI is InChI=1S/C21H25N3O2/c1-5-23(6-2)9-10-24-20-8-7-16(14(3)25)11-17(20)18-12-19(15(4)26)22-13-21(18)24/h7-8,11-13H,5-6,9-10H2,1-4H3. The van der Waals surface area contributed by atoms with Crippen LogP contribution in [0.15, 0.2) is 30.5 Å². The third kappa shape index (κ3) is 3.27. The van der Waals surface area contributed by atoms with E-state index in [1.165, 1.54) is 6.92 Å².